The lowest BCUT2D eigenvalue weighted by Gasteiger charge is -2.09. The van der Waals surface area contributed by atoms with Crippen molar-refractivity contribution in [1.29, 1.82) is 5.26 Å². The molecule has 1 N–H and O–H groups in total. The van der Waals surface area contributed by atoms with Gasteiger partial charge in [0.25, 0.3) is 0 Å². The molecule has 0 unspecified atom stereocenters. The van der Waals surface area contributed by atoms with Gasteiger partial charge in [-0.3, -0.25) is 0 Å². The van der Waals surface area contributed by atoms with Gasteiger partial charge in [0.2, 0.25) is 5.88 Å². The molecule has 1 aromatic carbocycles. The van der Waals surface area contributed by atoms with Gasteiger partial charge in [-0.15, -0.1) is 0 Å². The zero-order valence-electron chi connectivity index (χ0n) is 12.0. The summed E-state index contributed by atoms with van der Waals surface area (Å²) in [5, 5.41) is 11.9. The maximum Gasteiger partial charge on any atom is 0.224 e. The summed E-state index contributed by atoms with van der Waals surface area (Å²) in [6.07, 6.45) is 0. The Bertz CT molecular complexity index is 611. The Labute approximate surface area is 123 Å². The smallest absolute Gasteiger partial charge is 0.224 e. The number of hydrogen-bond acceptors (Lipinski definition) is 6. The Kier molecular flexibility index (Phi) is 5.07. The normalized spacial score (nSPS) is 9.95. The number of nitrogens with zero attached hydrogens (tertiary/aromatic N) is 3. The van der Waals surface area contributed by atoms with Gasteiger partial charge in [-0.2, -0.15) is 10.2 Å². The molecule has 0 bridgehead atoms. The first kappa shape index (κ1) is 14.8. The number of benzene rings is 1. The van der Waals surface area contributed by atoms with Crippen LogP contribution in [0.15, 0.2) is 30.3 Å². The summed E-state index contributed by atoms with van der Waals surface area (Å²) >= 11 is 0. The van der Waals surface area contributed by atoms with E-state index in [2.05, 4.69) is 21.4 Å². The number of methoxy groups -OCH3 is 1. The van der Waals surface area contributed by atoms with Crippen LogP contribution in [0.25, 0.3) is 0 Å². The summed E-state index contributed by atoms with van der Waals surface area (Å²) in [7, 11) is 1.59. The molecule has 0 spiro atoms. The maximum absolute atomic E-state index is 8.78. The molecule has 108 valence electrons. The lowest BCUT2D eigenvalue weighted by atomic mass is 10.2. The van der Waals surface area contributed by atoms with Crippen LogP contribution in [0.2, 0.25) is 0 Å². The molecule has 2 aromatic rings. The van der Waals surface area contributed by atoms with Crippen LogP contribution in [-0.2, 0) is 11.3 Å². The third-order valence-corrected chi connectivity index (χ3v) is 2.59. The highest BCUT2D eigenvalue weighted by Gasteiger charge is 2.06. The quantitative estimate of drug-likeness (QED) is 0.878. The van der Waals surface area contributed by atoms with Crippen LogP contribution < -0.4 is 10.1 Å². The number of nitrogens with one attached hydrogen (secondary N) is 1. The predicted molar refractivity (Wildman–Crippen MR) is 78.1 cm³/mol. The van der Waals surface area contributed by atoms with E-state index in [-0.39, 0.29) is 0 Å². The Morgan fingerprint density at radius 1 is 1.24 bits per heavy atom. The maximum atomic E-state index is 8.78. The molecule has 6 nitrogen and oxygen atoms in total. The van der Waals surface area contributed by atoms with Gasteiger partial charge in [0, 0.05) is 19.7 Å². The molecule has 1 heterocycles. The molecular formula is C15H16N4O2. The lowest BCUT2D eigenvalue weighted by molar-refractivity contribution is 0.177. The average molecular weight is 284 g/mol. The van der Waals surface area contributed by atoms with Gasteiger partial charge in [0.15, 0.2) is 5.82 Å². The predicted octanol–water partition coefficient (Wildman–Crippen LogP) is 2.72. The van der Waals surface area contributed by atoms with Crippen molar-refractivity contribution >= 4 is 5.82 Å². The van der Waals surface area contributed by atoms with Crippen LogP contribution in [0.3, 0.4) is 0 Å². The topological polar surface area (TPSA) is 80.1 Å². The van der Waals surface area contributed by atoms with E-state index in [4.69, 9.17) is 14.7 Å². The fourth-order valence-corrected chi connectivity index (χ4v) is 1.71. The fourth-order valence-electron chi connectivity index (χ4n) is 1.71. The molecular weight excluding hydrogens is 268 g/mol. The van der Waals surface area contributed by atoms with Gasteiger partial charge in [-0.1, -0.05) is 0 Å². The van der Waals surface area contributed by atoms with Crippen molar-refractivity contribution in [2.24, 2.45) is 0 Å². The molecule has 0 radical (unpaired) electrons. The van der Waals surface area contributed by atoms with Gasteiger partial charge in [0.05, 0.1) is 11.6 Å². The van der Waals surface area contributed by atoms with Crippen molar-refractivity contribution in [3.8, 4) is 17.7 Å². The van der Waals surface area contributed by atoms with E-state index in [0.717, 1.165) is 6.54 Å². The minimum atomic E-state index is 0.308. The van der Waals surface area contributed by atoms with Crippen LogP contribution in [0.4, 0.5) is 5.82 Å². The van der Waals surface area contributed by atoms with Crippen molar-refractivity contribution in [3.05, 3.63) is 41.7 Å². The van der Waals surface area contributed by atoms with Gasteiger partial charge < -0.3 is 14.8 Å². The van der Waals surface area contributed by atoms with Crippen molar-refractivity contribution in [2.75, 3.05) is 19.0 Å². The molecule has 0 saturated heterocycles. The van der Waals surface area contributed by atoms with Gasteiger partial charge in [-0.25, -0.2) is 4.98 Å². The second kappa shape index (κ2) is 7.22. The number of aromatic nitrogens is 2. The first-order chi connectivity index (χ1) is 10.2. The van der Waals surface area contributed by atoms with E-state index in [0.29, 0.717) is 35.4 Å². The third-order valence-electron chi connectivity index (χ3n) is 2.59. The van der Waals surface area contributed by atoms with Crippen molar-refractivity contribution in [3.63, 3.8) is 0 Å². The van der Waals surface area contributed by atoms with Crippen molar-refractivity contribution < 1.29 is 9.47 Å². The van der Waals surface area contributed by atoms with E-state index in [9.17, 15) is 0 Å². The largest absolute Gasteiger partial charge is 0.439 e. The molecule has 0 aliphatic heterocycles. The van der Waals surface area contributed by atoms with Crippen LogP contribution in [0.5, 0.6) is 11.6 Å². The van der Waals surface area contributed by atoms with E-state index < -0.39 is 0 Å². The fraction of sp³-hybridized carbons (Fsp3) is 0.267. The highest BCUT2D eigenvalue weighted by molar-refractivity contribution is 5.41. The van der Waals surface area contributed by atoms with Gasteiger partial charge in [-0.05, 0) is 31.2 Å². The number of nitriles is 1. The van der Waals surface area contributed by atoms with Crippen molar-refractivity contribution in [1.82, 2.24) is 9.97 Å². The highest BCUT2D eigenvalue weighted by Crippen LogP contribution is 2.22. The molecule has 0 aliphatic rings. The third kappa shape index (κ3) is 4.16. The molecule has 0 aliphatic carbocycles. The molecule has 6 heteroatoms. The molecule has 0 fully saturated rings. The zero-order valence-corrected chi connectivity index (χ0v) is 12.0. The highest BCUT2D eigenvalue weighted by atomic mass is 16.5. The Morgan fingerprint density at radius 2 is 2.00 bits per heavy atom. The molecule has 21 heavy (non-hydrogen) atoms. The first-order valence-electron chi connectivity index (χ1n) is 6.54. The summed E-state index contributed by atoms with van der Waals surface area (Å²) in [6, 6.07) is 10.6. The Balaban J connectivity index is 2.22. The number of rotatable bonds is 6. The van der Waals surface area contributed by atoms with Crippen LogP contribution in [0, 0.1) is 11.3 Å². The lowest BCUT2D eigenvalue weighted by Crippen LogP contribution is -2.05. The summed E-state index contributed by atoms with van der Waals surface area (Å²) < 4.78 is 10.7. The standard InChI is InChI=1S/C15H16N4O2/c1-3-17-13-8-15(19-14(18-13)10-20-2)21-12-6-4-11(9-16)5-7-12/h4-8H,3,10H2,1-2H3,(H,17,18,19). The minimum Gasteiger partial charge on any atom is -0.439 e. The number of hydrogen-bond donors (Lipinski definition) is 1. The van der Waals surface area contributed by atoms with Gasteiger partial charge >= 0.3 is 0 Å². The SMILES string of the molecule is CCNc1cc(Oc2ccc(C#N)cc2)nc(COC)n1. The van der Waals surface area contributed by atoms with Crippen LogP contribution in [-0.4, -0.2) is 23.6 Å². The number of anilines is 1. The summed E-state index contributed by atoms with van der Waals surface area (Å²) in [5.74, 6) is 2.26. The van der Waals surface area contributed by atoms with E-state index in [1.54, 1.807) is 37.4 Å². The van der Waals surface area contributed by atoms with Crippen molar-refractivity contribution in [2.45, 2.75) is 13.5 Å². The van der Waals surface area contributed by atoms with E-state index in [1.807, 2.05) is 6.92 Å². The van der Waals surface area contributed by atoms with Crippen LogP contribution >= 0.6 is 0 Å². The molecule has 0 saturated carbocycles. The second-order valence-corrected chi connectivity index (χ2v) is 4.21. The minimum absolute atomic E-state index is 0.308. The average Bonchev–Trinajstić information content (AvgIpc) is 2.48. The summed E-state index contributed by atoms with van der Waals surface area (Å²) in [5.41, 5.74) is 0.582. The molecule has 2 rings (SSSR count). The summed E-state index contributed by atoms with van der Waals surface area (Å²) in [6.45, 7) is 3.04. The van der Waals surface area contributed by atoms with Crippen LogP contribution in [0.1, 0.15) is 18.3 Å². The monoisotopic (exact) mass is 284 g/mol. The molecule has 0 atom stereocenters. The van der Waals surface area contributed by atoms with E-state index >= 15 is 0 Å². The second-order valence-electron chi connectivity index (χ2n) is 4.21. The molecule has 1 aromatic heterocycles. The number of ether oxygens (including phenoxy) is 2. The molecule has 0 amide bonds. The summed E-state index contributed by atoms with van der Waals surface area (Å²) in [4.78, 5) is 8.59. The zero-order chi connectivity index (χ0) is 15.1. The van der Waals surface area contributed by atoms with E-state index in [1.165, 1.54) is 0 Å². The first-order valence-corrected chi connectivity index (χ1v) is 6.54. The Hall–Kier alpha value is -2.65. The van der Waals surface area contributed by atoms with Gasteiger partial charge in [0.1, 0.15) is 18.2 Å². The Morgan fingerprint density at radius 3 is 2.62 bits per heavy atom.